The molecule has 70 valence electrons. The zero-order valence-electron chi connectivity index (χ0n) is 7.83. The summed E-state index contributed by atoms with van der Waals surface area (Å²) in [5.74, 6) is 0.560. The number of rotatable bonds is 4. The average molecular weight is 169 g/mol. The molecule has 1 aliphatic rings. The van der Waals surface area contributed by atoms with Gasteiger partial charge < -0.3 is 10.5 Å². The quantitative estimate of drug-likeness (QED) is 0.650. The van der Waals surface area contributed by atoms with Gasteiger partial charge in [0, 0.05) is 18.6 Å². The van der Waals surface area contributed by atoms with Crippen molar-refractivity contribution in [2.24, 2.45) is 11.7 Å². The average Bonchev–Trinajstić information content (AvgIpc) is 2.47. The summed E-state index contributed by atoms with van der Waals surface area (Å²) in [6, 6.07) is 0.292. The summed E-state index contributed by atoms with van der Waals surface area (Å²) in [6.45, 7) is 6.69. The molecule has 0 aromatic carbocycles. The minimum absolute atomic E-state index is 0.292. The maximum atomic E-state index is 6.03. The highest BCUT2D eigenvalue weighted by Gasteiger charge is 2.28. The number of nitrogens with two attached hydrogens (primary N) is 1. The maximum Gasteiger partial charge on any atom is 0.0590 e. The molecule has 0 aromatic heterocycles. The lowest BCUT2D eigenvalue weighted by molar-refractivity contribution is 0.0987. The Morgan fingerprint density at radius 3 is 3.00 bits per heavy atom. The molecule has 1 heterocycles. The Kier molecular flexibility index (Phi) is 3.76. The highest BCUT2D eigenvalue weighted by Crippen LogP contribution is 2.24. The highest BCUT2D eigenvalue weighted by atomic mass is 16.5. The second-order valence-corrected chi connectivity index (χ2v) is 3.56. The van der Waals surface area contributed by atoms with E-state index in [0.29, 0.717) is 18.1 Å². The molecule has 0 spiro atoms. The fraction of sp³-hybridized carbons (Fsp3) is 0.800. The SMILES string of the molecule is C=CCCC(N)C1CCOC1C. The van der Waals surface area contributed by atoms with Crippen molar-refractivity contribution in [1.82, 2.24) is 0 Å². The van der Waals surface area contributed by atoms with Crippen LogP contribution < -0.4 is 5.73 Å². The van der Waals surface area contributed by atoms with Crippen molar-refractivity contribution in [2.75, 3.05) is 6.61 Å². The Hall–Kier alpha value is -0.340. The molecule has 3 atom stereocenters. The van der Waals surface area contributed by atoms with Crippen LogP contribution in [-0.4, -0.2) is 18.8 Å². The van der Waals surface area contributed by atoms with Gasteiger partial charge in [-0.3, -0.25) is 0 Å². The third-order valence-corrected chi connectivity index (χ3v) is 2.69. The Morgan fingerprint density at radius 2 is 2.50 bits per heavy atom. The van der Waals surface area contributed by atoms with Crippen molar-refractivity contribution in [3.8, 4) is 0 Å². The van der Waals surface area contributed by atoms with Gasteiger partial charge in [0.15, 0.2) is 0 Å². The Bertz CT molecular complexity index is 147. The van der Waals surface area contributed by atoms with Crippen molar-refractivity contribution in [2.45, 2.75) is 38.3 Å². The van der Waals surface area contributed by atoms with E-state index in [2.05, 4.69) is 13.5 Å². The molecule has 0 aliphatic carbocycles. The zero-order chi connectivity index (χ0) is 8.97. The molecule has 1 aliphatic heterocycles. The molecule has 0 radical (unpaired) electrons. The van der Waals surface area contributed by atoms with Crippen molar-refractivity contribution in [1.29, 1.82) is 0 Å². The van der Waals surface area contributed by atoms with Gasteiger partial charge in [-0.2, -0.15) is 0 Å². The van der Waals surface area contributed by atoms with Gasteiger partial charge in [0.25, 0.3) is 0 Å². The fourth-order valence-electron chi connectivity index (χ4n) is 1.83. The van der Waals surface area contributed by atoms with E-state index in [1.807, 2.05) is 6.08 Å². The van der Waals surface area contributed by atoms with E-state index in [-0.39, 0.29) is 0 Å². The minimum atomic E-state index is 0.292. The van der Waals surface area contributed by atoms with E-state index < -0.39 is 0 Å². The molecule has 1 fully saturated rings. The third kappa shape index (κ3) is 2.32. The summed E-state index contributed by atoms with van der Waals surface area (Å²) in [5.41, 5.74) is 6.03. The van der Waals surface area contributed by atoms with Crippen molar-refractivity contribution >= 4 is 0 Å². The first-order chi connectivity index (χ1) is 5.75. The molecule has 3 unspecified atom stereocenters. The lowest BCUT2D eigenvalue weighted by atomic mass is 9.91. The Balaban J connectivity index is 2.29. The fourth-order valence-corrected chi connectivity index (χ4v) is 1.83. The van der Waals surface area contributed by atoms with Gasteiger partial charge in [-0.05, 0) is 26.2 Å². The van der Waals surface area contributed by atoms with Crippen LogP contribution in [0.25, 0.3) is 0 Å². The standard InChI is InChI=1S/C10H19NO/c1-3-4-5-10(11)9-6-7-12-8(9)2/h3,8-10H,1,4-7,11H2,2H3. The molecule has 0 saturated carbocycles. The summed E-state index contributed by atoms with van der Waals surface area (Å²) in [5, 5.41) is 0. The molecule has 0 amide bonds. The van der Waals surface area contributed by atoms with Crippen LogP contribution in [0.5, 0.6) is 0 Å². The second-order valence-electron chi connectivity index (χ2n) is 3.56. The molecule has 2 N–H and O–H groups in total. The van der Waals surface area contributed by atoms with E-state index in [1.165, 1.54) is 0 Å². The van der Waals surface area contributed by atoms with Crippen LogP contribution in [0.4, 0.5) is 0 Å². The minimum Gasteiger partial charge on any atom is -0.378 e. The number of allylic oxidation sites excluding steroid dienone is 1. The second kappa shape index (κ2) is 4.63. The van der Waals surface area contributed by atoms with E-state index >= 15 is 0 Å². The predicted octanol–water partition coefficient (Wildman–Crippen LogP) is 1.70. The van der Waals surface area contributed by atoms with Gasteiger partial charge >= 0.3 is 0 Å². The van der Waals surface area contributed by atoms with Crippen molar-refractivity contribution in [3.05, 3.63) is 12.7 Å². The number of ether oxygens (including phenoxy) is 1. The summed E-state index contributed by atoms with van der Waals surface area (Å²) in [7, 11) is 0. The topological polar surface area (TPSA) is 35.2 Å². The first-order valence-corrected chi connectivity index (χ1v) is 4.73. The van der Waals surface area contributed by atoms with Gasteiger partial charge in [-0.25, -0.2) is 0 Å². The van der Waals surface area contributed by atoms with Crippen LogP contribution in [-0.2, 0) is 4.74 Å². The molecule has 0 aromatic rings. The van der Waals surface area contributed by atoms with Crippen LogP contribution in [0, 0.1) is 5.92 Å². The van der Waals surface area contributed by atoms with E-state index in [4.69, 9.17) is 10.5 Å². The summed E-state index contributed by atoms with van der Waals surface area (Å²) >= 11 is 0. The van der Waals surface area contributed by atoms with Crippen LogP contribution >= 0.6 is 0 Å². The number of hydrogen-bond donors (Lipinski definition) is 1. The van der Waals surface area contributed by atoms with Crippen molar-refractivity contribution < 1.29 is 4.74 Å². The van der Waals surface area contributed by atoms with Gasteiger partial charge in [0.2, 0.25) is 0 Å². The summed E-state index contributed by atoms with van der Waals surface area (Å²) < 4.78 is 5.46. The maximum absolute atomic E-state index is 6.03. The highest BCUT2D eigenvalue weighted by molar-refractivity contribution is 4.83. The molecule has 0 bridgehead atoms. The van der Waals surface area contributed by atoms with Crippen molar-refractivity contribution in [3.63, 3.8) is 0 Å². The van der Waals surface area contributed by atoms with E-state index in [1.54, 1.807) is 0 Å². The van der Waals surface area contributed by atoms with Gasteiger partial charge in [0.05, 0.1) is 6.10 Å². The van der Waals surface area contributed by atoms with E-state index in [0.717, 1.165) is 25.9 Å². The smallest absolute Gasteiger partial charge is 0.0590 e. The molecule has 12 heavy (non-hydrogen) atoms. The Labute approximate surface area is 74.8 Å². The molecule has 2 heteroatoms. The lowest BCUT2D eigenvalue weighted by Gasteiger charge is -2.21. The molecule has 1 saturated heterocycles. The van der Waals surface area contributed by atoms with Gasteiger partial charge in [0.1, 0.15) is 0 Å². The van der Waals surface area contributed by atoms with Crippen LogP contribution in [0.15, 0.2) is 12.7 Å². The molecular weight excluding hydrogens is 150 g/mol. The zero-order valence-corrected chi connectivity index (χ0v) is 7.83. The molecule has 2 nitrogen and oxygen atoms in total. The summed E-state index contributed by atoms with van der Waals surface area (Å²) in [6.07, 6.45) is 5.47. The third-order valence-electron chi connectivity index (χ3n) is 2.69. The van der Waals surface area contributed by atoms with Gasteiger partial charge in [-0.15, -0.1) is 6.58 Å². The van der Waals surface area contributed by atoms with Crippen LogP contribution in [0.1, 0.15) is 26.2 Å². The first kappa shape index (κ1) is 9.75. The normalized spacial score (nSPS) is 31.8. The van der Waals surface area contributed by atoms with Crippen LogP contribution in [0.2, 0.25) is 0 Å². The van der Waals surface area contributed by atoms with E-state index in [9.17, 15) is 0 Å². The molecule has 1 rings (SSSR count). The van der Waals surface area contributed by atoms with Gasteiger partial charge in [-0.1, -0.05) is 6.08 Å². The monoisotopic (exact) mass is 169 g/mol. The first-order valence-electron chi connectivity index (χ1n) is 4.73. The largest absolute Gasteiger partial charge is 0.378 e. The number of hydrogen-bond acceptors (Lipinski definition) is 2. The molecular formula is C10H19NO. The lowest BCUT2D eigenvalue weighted by Crippen LogP contribution is -2.33. The summed E-state index contributed by atoms with van der Waals surface area (Å²) in [4.78, 5) is 0. The predicted molar refractivity (Wildman–Crippen MR) is 50.9 cm³/mol. The van der Waals surface area contributed by atoms with Crippen LogP contribution in [0.3, 0.4) is 0 Å². The Morgan fingerprint density at radius 1 is 1.75 bits per heavy atom.